The van der Waals surface area contributed by atoms with Crippen LogP contribution in [0.25, 0.3) is 0 Å². The van der Waals surface area contributed by atoms with Crippen LogP contribution in [-0.4, -0.2) is 32.2 Å². The monoisotopic (exact) mass is 251 g/mol. The molecule has 0 aliphatic heterocycles. The standard InChI is InChI=1S/C12H17N3O3/c1-8-3-4-10(14-2)9(7-8)11(16)15-5-6-18-12(13)17/h3-4,7,14H,5-6H2,1-2H3,(H2,13,17)(H,15,16). The number of hydrogen-bond acceptors (Lipinski definition) is 4. The maximum atomic E-state index is 11.9. The topological polar surface area (TPSA) is 93.4 Å². The van der Waals surface area contributed by atoms with Crippen LogP contribution in [0.1, 0.15) is 15.9 Å². The van der Waals surface area contributed by atoms with E-state index in [0.717, 1.165) is 11.3 Å². The number of carbonyl (C=O) groups excluding carboxylic acids is 2. The Bertz CT molecular complexity index is 446. The second kappa shape index (κ2) is 6.48. The summed E-state index contributed by atoms with van der Waals surface area (Å²) in [5.41, 5.74) is 7.09. The molecule has 0 aliphatic carbocycles. The molecule has 0 spiro atoms. The van der Waals surface area contributed by atoms with Gasteiger partial charge in [-0.25, -0.2) is 4.79 Å². The molecule has 0 atom stereocenters. The van der Waals surface area contributed by atoms with Crippen molar-refractivity contribution >= 4 is 17.7 Å². The van der Waals surface area contributed by atoms with Crippen molar-refractivity contribution in [2.75, 3.05) is 25.5 Å². The molecule has 18 heavy (non-hydrogen) atoms. The number of aryl methyl sites for hydroxylation is 1. The Balaban J connectivity index is 2.60. The van der Waals surface area contributed by atoms with Gasteiger partial charge in [0.15, 0.2) is 0 Å². The van der Waals surface area contributed by atoms with Gasteiger partial charge >= 0.3 is 6.09 Å². The van der Waals surface area contributed by atoms with Gasteiger partial charge in [-0.1, -0.05) is 11.6 Å². The molecule has 98 valence electrons. The summed E-state index contributed by atoms with van der Waals surface area (Å²) in [5.74, 6) is -0.226. The molecule has 0 saturated carbocycles. The van der Waals surface area contributed by atoms with Crippen LogP contribution in [0.3, 0.4) is 0 Å². The first-order chi connectivity index (χ1) is 8.54. The highest BCUT2D eigenvalue weighted by Crippen LogP contribution is 2.16. The van der Waals surface area contributed by atoms with E-state index in [1.54, 1.807) is 13.1 Å². The molecule has 0 saturated heterocycles. The van der Waals surface area contributed by atoms with E-state index >= 15 is 0 Å². The smallest absolute Gasteiger partial charge is 0.404 e. The molecule has 0 heterocycles. The Labute approximate surface area is 105 Å². The molecule has 4 N–H and O–H groups in total. The van der Waals surface area contributed by atoms with Crippen molar-refractivity contribution in [1.82, 2.24) is 5.32 Å². The average molecular weight is 251 g/mol. The minimum atomic E-state index is -0.851. The fourth-order valence-electron chi connectivity index (χ4n) is 1.48. The lowest BCUT2D eigenvalue weighted by atomic mass is 10.1. The lowest BCUT2D eigenvalue weighted by Gasteiger charge is -2.10. The average Bonchev–Trinajstić information content (AvgIpc) is 2.34. The van der Waals surface area contributed by atoms with E-state index in [-0.39, 0.29) is 19.1 Å². The second-order valence-corrected chi connectivity index (χ2v) is 3.72. The predicted molar refractivity (Wildman–Crippen MR) is 68.6 cm³/mol. The maximum Gasteiger partial charge on any atom is 0.404 e. The maximum absolute atomic E-state index is 11.9. The number of anilines is 1. The number of hydrogen-bond donors (Lipinski definition) is 3. The van der Waals surface area contributed by atoms with E-state index in [9.17, 15) is 9.59 Å². The Morgan fingerprint density at radius 2 is 2.11 bits per heavy atom. The molecule has 0 fully saturated rings. The summed E-state index contributed by atoms with van der Waals surface area (Å²) in [5, 5.41) is 5.59. The normalized spacial score (nSPS) is 9.67. The Hall–Kier alpha value is -2.24. The fraction of sp³-hybridized carbons (Fsp3) is 0.333. The third-order valence-corrected chi connectivity index (χ3v) is 2.32. The van der Waals surface area contributed by atoms with Crippen molar-refractivity contribution in [2.45, 2.75) is 6.92 Å². The van der Waals surface area contributed by atoms with Gasteiger partial charge in [0.25, 0.3) is 5.91 Å². The van der Waals surface area contributed by atoms with Crippen molar-refractivity contribution in [3.8, 4) is 0 Å². The number of nitrogens with two attached hydrogens (primary N) is 1. The third kappa shape index (κ3) is 3.97. The highest BCUT2D eigenvalue weighted by atomic mass is 16.5. The van der Waals surface area contributed by atoms with E-state index in [1.807, 2.05) is 19.1 Å². The van der Waals surface area contributed by atoms with Crippen molar-refractivity contribution in [2.24, 2.45) is 5.73 Å². The summed E-state index contributed by atoms with van der Waals surface area (Å²) in [6, 6.07) is 5.54. The number of primary amides is 1. The zero-order chi connectivity index (χ0) is 13.5. The molecule has 0 aliphatic rings. The quantitative estimate of drug-likeness (QED) is 0.677. The summed E-state index contributed by atoms with van der Waals surface area (Å²) in [6.07, 6.45) is -0.851. The van der Waals surface area contributed by atoms with E-state index in [4.69, 9.17) is 5.73 Å². The van der Waals surface area contributed by atoms with Gasteiger partial charge in [0.05, 0.1) is 12.1 Å². The highest BCUT2D eigenvalue weighted by Gasteiger charge is 2.10. The molecule has 0 aromatic heterocycles. The van der Waals surface area contributed by atoms with Crippen LogP contribution in [0.2, 0.25) is 0 Å². The van der Waals surface area contributed by atoms with Crippen molar-refractivity contribution < 1.29 is 14.3 Å². The predicted octanol–water partition coefficient (Wildman–Crippen LogP) is 0.862. The fourth-order valence-corrected chi connectivity index (χ4v) is 1.48. The largest absolute Gasteiger partial charge is 0.448 e. The number of nitrogens with one attached hydrogen (secondary N) is 2. The van der Waals surface area contributed by atoms with Crippen molar-refractivity contribution in [3.63, 3.8) is 0 Å². The van der Waals surface area contributed by atoms with Gasteiger partial charge in [-0.05, 0) is 19.1 Å². The number of benzene rings is 1. The van der Waals surface area contributed by atoms with Crippen LogP contribution < -0.4 is 16.4 Å². The first-order valence-electron chi connectivity index (χ1n) is 5.53. The Morgan fingerprint density at radius 3 is 2.72 bits per heavy atom. The van der Waals surface area contributed by atoms with Crippen molar-refractivity contribution in [3.05, 3.63) is 29.3 Å². The summed E-state index contributed by atoms with van der Waals surface area (Å²) in [4.78, 5) is 22.2. The SMILES string of the molecule is CNc1ccc(C)cc1C(=O)NCCOC(N)=O. The number of amides is 2. The van der Waals surface area contributed by atoms with Gasteiger partial charge in [0.2, 0.25) is 0 Å². The van der Waals surface area contributed by atoms with E-state index in [0.29, 0.717) is 5.56 Å². The molecule has 6 heteroatoms. The molecule has 0 bridgehead atoms. The third-order valence-electron chi connectivity index (χ3n) is 2.32. The van der Waals surface area contributed by atoms with Crippen LogP contribution in [-0.2, 0) is 4.74 Å². The summed E-state index contributed by atoms with van der Waals surface area (Å²) >= 11 is 0. The van der Waals surface area contributed by atoms with Crippen LogP contribution in [0.4, 0.5) is 10.5 Å². The van der Waals surface area contributed by atoms with Gasteiger partial charge in [-0.2, -0.15) is 0 Å². The molecule has 2 amide bonds. The minimum Gasteiger partial charge on any atom is -0.448 e. The van der Waals surface area contributed by atoms with Gasteiger partial charge in [0, 0.05) is 12.7 Å². The number of carbonyl (C=O) groups is 2. The Kier molecular flexibility index (Phi) is 4.98. The molecule has 6 nitrogen and oxygen atoms in total. The Morgan fingerprint density at radius 1 is 1.39 bits per heavy atom. The van der Waals surface area contributed by atoms with E-state index in [1.165, 1.54) is 0 Å². The molecule has 1 rings (SSSR count). The lowest BCUT2D eigenvalue weighted by Crippen LogP contribution is -2.29. The summed E-state index contributed by atoms with van der Waals surface area (Å²) in [6.45, 7) is 2.19. The number of ether oxygens (including phenoxy) is 1. The summed E-state index contributed by atoms with van der Waals surface area (Å²) in [7, 11) is 1.75. The molecule has 0 unspecified atom stereocenters. The van der Waals surface area contributed by atoms with Crippen molar-refractivity contribution in [1.29, 1.82) is 0 Å². The molecule has 0 radical (unpaired) electrons. The highest BCUT2D eigenvalue weighted by molar-refractivity contribution is 5.99. The number of rotatable bonds is 5. The van der Waals surface area contributed by atoms with Crippen LogP contribution in [0.5, 0.6) is 0 Å². The molecular weight excluding hydrogens is 234 g/mol. The van der Waals surface area contributed by atoms with E-state index < -0.39 is 6.09 Å². The van der Waals surface area contributed by atoms with Gasteiger partial charge < -0.3 is 21.1 Å². The van der Waals surface area contributed by atoms with Gasteiger partial charge in [-0.15, -0.1) is 0 Å². The molecule has 1 aromatic carbocycles. The van der Waals surface area contributed by atoms with E-state index in [2.05, 4.69) is 15.4 Å². The van der Waals surface area contributed by atoms with Crippen LogP contribution in [0.15, 0.2) is 18.2 Å². The van der Waals surface area contributed by atoms with Crippen LogP contribution >= 0.6 is 0 Å². The first-order valence-corrected chi connectivity index (χ1v) is 5.53. The molecule has 1 aromatic rings. The zero-order valence-electron chi connectivity index (χ0n) is 10.4. The van der Waals surface area contributed by atoms with Crippen LogP contribution in [0, 0.1) is 6.92 Å². The zero-order valence-corrected chi connectivity index (χ0v) is 10.4. The first kappa shape index (κ1) is 13.8. The lowest BCUT2D eigenvalue weighted by molar-refractivity contribution is 0.0937. The second-order valence-electron chi connectivity index (χ2n) is 3.72. The summed E-state index contributed by atoms with van der Waals surface area (Å²) < 4.78 is 4.52. The van der Waals surface area contributed by atoms with Gasteiger partial charge in [-0.3, -0.25) is 4.79 Å². The van der Waals surface area contributed by atoms with Gasteiger partial charge in [0.1, 0.15) is 6.61 Å². The minimum absolute atomic E-state index is 0.0573. The molecular formula is C12H17N3O3.